The minimum Gasteiger partial charge on any atom is -0.466 e. The van der Waals surface area contributed by atoms with Crippen molar-refractivity contribution in [2.45, 2.75) is 46.6 Å². The summed E-state index contributed by atoms with van der Waals surface area (Å²) in [5.41, 5.74) is 0.934. The van der Waals surface area contributed by atoms with E-state index < -0.39 is 11.9 Å². The van der Waals surface area contributed by atoms with E-state index in [4.69, 9.17) is 14.5 Å². The Hall–Kier alpha value is -4.22. The van der Waals surface area contributed by atoms with Crippen LogP contribution in [0, 0.1) is 23.7 Å². The molecule has 1 N–H and O–H groups in total. The number of benzene rings is 1. The fourth-order valence-electron chi connectivity index (χ4n) is 6.16. The highest BCUT2D eigenvalue weighted by molar-refractivity contribution is 5.97. The van der Waals surface area contributed by atoms with Gasteiger partial charge in [-0.05, 0) is 31.1 Å². The van der Waals surface area contributed by atoms with Crippen molar-refractivity contribution >= 4 is 29.7 Å². The van der Waals surface area contributed by atoms with Gasteiger partial charge in [0.2, 0.25) is 5.91 Å². The summed E-state index contributed by atoms with van der Waals surface area (Å²) in [6.45, 7) is 11.1. The van der Waals surface area contributed by atoms with Crippen LogP contribution in [0.3, 0.4) is 0 Å². The SMILES string of the molecule is CCCCOC(=O)N1CCN(C(=O)[C@@H](NC(=O)c2cc(N3C[C@@H]4[C@H](C3)[C@H]4C(=O)OCC)nc(-c3ccccc3)n2)C(C)C)CC1. The molecule has 45 heavy (non-hydrogen) atoms. The van der Waals surface area contributed by atoms with Crippen molar-refractivity contribution in [2.75, 3.05) is 57.4 Å². The number of fused-ring (bicyclic) bond motifs is 1. The predicted octanol–water partition coefficient (Wildman–Crippen LogP) is 3.22. The maximum absolute atomic E-state index is 13.7. The molecule has 1 aromatic carbocycles. The highest BCUT2D eigenvalue weighted by Gasteiger charge is 2.60. The first-order valence-corrected chi connectivity index (χ1v) is 16.1. The van der Waals surface area contributed by atoms with Crippen molar-refractivity contribution < 1.29 is 28.7 Å². The summed E-state index contributed by atoms with van der Waals surface area (Å²) in [5.74, 6) is 0.376. The summed E-state index contributed by atoms with van der Waals surface area (Å²) in [5, 5.41) is 2.94. The second-order valence-corrected chi connectivity index (χ2v) is 12.3. The monoisotopic (exact) mass is 620 g/mol. The third kappa shape index (κ3) is 7.37. The number of piperidine rings is 1. The number of nitrogens with one attached hydrogen (secondary N) is 1. The zero-order chi connectivity index (χ0) is 32.1. The van der Waals surface area contributed by atoms with Crippen LogP contribution in [0.5, 0.6) is 0 Å². The lowest BCUT2D eigenvalue weighted by Gasteiger charge is -2.36. The first-order chi connectivity index (χ1) is 21.7. The van der Waals surface area contributed by atoms with E-state index in [1.807, 2.05) is 58.0 Å². The van der Waals surface area contributed by atoms with Gasteiger partial charge in [0.25, 0.3) is 5.91 Å². The van der Waals surface area contributed by atoms with Crippen LogP contribution < -0.4 is 10.2 Å². The van der Waals surface area contributed by atoms with Crippen LogP contribution in [0.2, 0.25) is 0 Å². The van der Waals surface area contributed by atoms with Crippen LogP contribution in [0.25, 0.3) is 11.4 Å². The zero-order valence-corrected chi connectivity index (χ0v) is 26.6. The Balaban J connectivity index is 1.28. The molecule has 5 rings (SSSR count). The predicted molar refractivity (Wildman–Crippen MR) is 167 cm³/mol. The summed E-state index contributed by atoms with van der Waals surface area (Å²) in [6, 6.07) is 10.3. The van der Waals surface area contributed by atoms with Gasteiger partial charge in [-0.25, -0.2) is 14.8 Å². The van der Waals surface area contributed by atoms with Crippen LogP contribution in [0.15, 0.2) is 36.4 Å². The van der Waals surface area contributed by atoms with Gasteiger partial charge >= 0.3 is 12.1 Å². The van der Waals surface area contributed by atoms with E-state index in [1.54, 1.807) is 15.9 Å². The van der Waals surface area contributed by atoms with Gasteiger partial charge in [0, 0.05) is 50.9 Å². The van der Waals surface area contributed by atoms with Gasteiger partial charge in [-0.15, -0.1) is 0 Å². The highest BCUT2D eigenvalue weighted by Crippen LogP contribution is 2.53. The number of aromatic nitrogens is 2. The molecular weight excluding hydrogens is 576 g/mol. The smallest absolute Gasteiger partial charge is 0.409 e. The van der Waals surface area contributed by atoms with Crippen molar-refractivity contribution in [2.24, 2.45) is 23.7 Å². The number of rotatable bonds is 11. The van der Waals surface area contributed by atoms with Crippen LogP contribution in [0.4, 0.5) is 10.6 Å². The summed E-state index contributed by atoms with van der Waals surface area (Å²) in [4.78, 5) is 66.8. The number of hydrogen-bond donors (Lipinski definition) is 1. The number of esters is 1. The molecule has 3 aliphatic rings. The molecule has 0 bridgehead atoms. The Labute approximate surface area is 264 Å². The second kappa shape index (κ2) is 14.3. The van der Waals surface area contributed by atoms with E-state index in [0.29, 0.717) is 64.1 Å². The van der Waals surface area contributed by atoms with Gasteiger partial charge in [-0.3, -0.25) is 14.4 Å². The van der Waals surface area contributed by atoms with E-state index in [0.717, 1.165) is 18.4 Å². The highest BCUT2D eigenvalue weighted by atomic mass is 16.6. The molecule has 2 aliphatic heterocycles. The third-order valence-corrected chi connectivity index (χ3v) is 8.85. The molecule has 0 radical (unpaired) electrons. The molecule has 12 heteroatoms. The molecule has 242 valence electrons. The molecule has 3 fully saturated rings. The summed E-state index contributed by atoms with van der Waals surface area (Å²) in [7, 11) is 0. The number of amides is 3. The first kappa shape index (κ1) is 32.2. The first-order valence-electron chi connectivity index (χ1n) is 16.1. The topological polar surface area (TPSA) is 134 Å². The van der Waals surface area contributed by atoms with Crippen LogP contribution >= 0.6 is 0 Å². The quantitative estimate of drug-likeness (QED) is 0.297. The fraction of sp³-hybridized carbons (Fsp3) is 0.576. The average Bonchev–Trinajstić information content (AvgIpc) is 3.56. The minimum atomic E-state index is -0.774. The molecule has 12 nitrogen and oxygen atoms in total. The van der Waals surface area contributed by atoms with Crippen LogP contribution in [-0.4, -0.2) is 102 Å². The summed E-state index contributed by atoms with van der Waals surface area (Å²) < 4.78 is 10.6. The molecule has 1 aliphatic carbocycles. The van der Waals surface area contributed by atoms with Crippen molar-refractivity contribution in [1.29, 1.82) is 0 Å². The minimum absolute atomic E-state index is 0.0780. The van der Waals surface area contributed by atoms with Crippen molar-refractivity contribution in [3.63, 3.8) is 0 Å². The number of carbonyl (C=O) groups is 4. The van der Waals surface area contributed by atoms with Gasteiger partial charge in [-0.2, -0.15) is 0 Å². The average molecular weight is 621 g/mol. The van der Waals surface area contributed by atoms with E-state index in [1.165, 1.54) is 0 Å². The Kier molecular flexibility index (Phi) is 10.2. The molecule has 2 aromatic rings. The molecule has 0 spiro atoms. The van der Waals surface area contributed by atoms with Gasteiger partial charge in [0.1, 0.15) is 17.6 Å². The molecule has 3 amide bonds. The summed E-state index contributed by atoms with van der Waals surface area (Å²) in [6.07, 6.45) is 1.40. The Morgan fingerprint density at radius 2 is 1.60 bits per heavy atom. The second-order valence-electron chi connectivity index (χ2n) is 12.3. The van der Waals surface area contributed by atoms with Crippen LogP contribution in [-0.2, 0) is 19.1 Å². The Morgan fingerprint density at radius 1 is 0.933 bits per heavy atom. The molecule has 1 saturated carbocycles. The fourth-order valence-corrected chi connectivity index (χ4v) is 6.16. The third-order valence-electron chi connectivity index (χ3n) is 8.85. The number of nitrogens with zero attached hydrogens (tertiary/aromatic N) is 5. The molecule has 2 saturated heterocycles. The van der Waals surface area contributed by atoms with Crippen molar-refractivity contribution in [1.82, 2.24) is 25.1 Å². The number of carbonyl (C=O) groups excluding carboxylic acids is 4. The molecule has 0 unspecified atom stereocenters. The molecule has 4 atom stereocenters. The normalized spacial score (nSPS) is 21.3. The number of anilines is 1. The van der Waals surface area contributed by atoms with Crippen molar-refractivity contribution in [3.8, 4) is 11.4 Å². The zero-order valence-electron chi connectivity index (χ0n) is 26.6. The van der Waals surface area contributed by atoms with Crippen molar-refractivity contribution in [3.05, 3.63) is 42.1 Å². The van der Waals surface area contributed by atoms with Crippen LogP contribution in [0.1, 0.15) is 51.0 Å². The maximum Gasteiger partial charge on any atom is 0.409 e. The largest absolute Gasteiger partial charge is 0.466 e. The standard InChI is InChI=1S/C33H44N6O6/c1-5-7-17-45-33(43)38-15-13-37(14-16-38)31(41)28(21(3)4)36-30(40)25-18-26(35-29(34-25)22-11-9-8-10-12-22)39-19-23-24(20-39)27(23)32(42)44-6-2/h8-12,18,21,23-24,27-28H,5-7,13-17,19-20H2,1-4H3,(H,36,40)/t23-,24+,27+,28-/m0/s1. The molecule has 3 heterocycles. The lowest BCUT2D eigenvalue weighted by atomic mass is 10.0. The number of hydrogen-bond acceptors (Lipinski definition) is 9. The van der Waals surface area contributed by atoms with E-state index in [2.05, 4.69) is 15.2 Å². The number of unbranched alkanes of at least 4 members (excludes halogenated alkanes) is 1. The number of piperazine rings is 1. The molecular formula is C33H44N6O6. The van der Waals surface area contributed by atoms with Gasteiger partial charge in [0.15, 0.2) is 5.82 Å². The number of ether oxygens (including phenoxy) is 2. The van der Waals surface area contributed by atoms with E-state index >= 15 is 0 Å². The maximum atomic E-state index is 13.7. The Bertz CT molecular complexity index is 1370. The van der Waals surface area contributed by atoms with Gasteiger partial charge in [0.05, 0.1) is 19.1 Å². The van der Waals surface area contributed by atoms with Gasteiger partial charge in [-0.1, -0.05) is 57.5 Å². The van der Waals surface area contributed by atoms with E-state index in [9.17, 15) is 19.2 Å². The molecule has 1 aromatic heterocycles. The lowest BCUT2D eigenvalue weighted by Crippen LogP contribution is -2.57. The van der Waals surface area contributed by atoms with Gasteiger partial charge < -0.3 is 29.5 Å². The summed E-state index contributed by atoms with van der Waals surface area (Å²) >= 11 is 0. The van der Waals surface area contributed by atoms with E-state index in [-0.39, 0.29) is 47.3 Å². The Morgan fingerprint density at radius 3 is 2.22 bits per heavy atom. The lowest BCUT2D eigenvalue weighted by molar-refractivity contribution is -0.145.